The number of carbonyl (C=O) groups excluding carboxylic acids is 1. The van der Waals surface area contributed by atoms with E-state index in [1.165, 1.54) is 11.5 Å². The molecule has 0 radical (unpaired) electrons. The summed E-state index contributed by atoms with van der Waals surface area (Å²) in [4.78, 5) is 12.7. The second-order valence-corrected chi connectivity index (χ2v) is 7.79. The topological polar surface area (TPSA) is 40.9 Å². The molecule has 0 bridgehead atoms. The fraction of sp³-hybridized carbons (Fsp3) is 0.280. The van der Waals surface area contributed by atoms with Gasteiger partial charge in [-0.15, -0.1) is 0 Å². The average Bonchev–Trinajstić information content (AvgIpc) is 3.50. The molecule has 0 aliphatic heterocycles. The van der Waals surface area contributed by atoms with Gasteiger partial charge in [0.25, 0.3) is 0 Å². The lowest BCUT2D eigenvalue weighted by Crippen LogP contribution is -2.09. The third-order valence-electron chi connectivity index (χ3n) is 5.98. The minimum atomic E-state index is -0.452. The van der Waals surface area contributed by atoms with Crippen molar-refractivity contribution in [2.45, 2.75) is 38.0 Å². The lowest BCUT2D eigenvalue weighted by atomic mass is 9.91. The molecule has 3 aromatic carbocycles. The van der Waals surface area contributed by atoms with Crippen LogP contribution in [-0.2, 0) is 4.79 Å². The van der Waals surface area contributed by atoms with Gasteiger partial charge in [-0.1, -0.05) is 55.5 Å². The number of hydrogen-bond acceptors (Lipinski definition) is 2. The third kappa shape index (κ3) is 3.68. The monoisotopic (exact) mass is 371 g/mol. The molecule has 1 fully saturated rings. The van der Waals surface area contributed by atoms with Crippen LogP contribution in [0.15, 0.2) is 60.7 Å². The van der Waals surface area contributed by atoms with Crippen LogP contribution in [0.5, 0.6) is 0 Å². The molecule has 1 aliphatic carbocycles. The zero-order chi connectivity index (χ0) is 19.7. The van der Waals surface area contributed by atoms with Gasteiger partial charge in [0, 0.05) is 12.3 Å². The van der Waals surface area contributed by atoms with Gasteiger partial charge in [-0.05, 0) is 58.7 Å². The summed E-state index contributed by atoms with van der Waals surface area (Å²) in [7, 11) is 0. The predicted octanol–water partition coefficient (Wildman–Crippen LogP) is 6.11. The largest absolute Gasteiger partial charge is 0.299 e. The molecule has 0 heterocycles. The molecule has 0 amide bonds. The van der Waals surface area contributed by atoms with Gasteiger partial charge in [0.05, 0.1) is 5.56 Å². The van der Waals surface area contributed by atoms with Crippen LogP contribution in [0.3, 0.4) is 0 Å². The highest BCUT2D eigenvalue weighted by Gasteiger charge is 2.38. The summed E-state index contributed by atoms with van der Waals surface area (Å²) < 4.78 is 13.8. The molecule has 3 unspecified atom stereocenters. The number of rotatable bonds is 6. The van der Waals surface area contributed by atoms with Crippen molar-refractivity contribution in [1.29, 1.82) is 5.26 Å². The van der Waals surface area contributed by atoms with Gasteiger partial charge in [0.15, 0.2) is 0 Å². The van der Waals surface area contributed by atoms with Crippen LogP contribution in [0.25, 0.3) is 10.8 Å². The van der Waals surface area contributed by atoms with Gasteiger partial charge in [-0.3, -0.25) is 4.79 Å². The van der Waals surface area contributed by atoms with Crippen molar-refractivity contribution in [3.63, 3.8) is 0 Å². The maximum atomic E-state index is 13.8. The van der Waals surface area contributed by atoms with E-state index in [2.05, 4.69) is 24.3 Å². The van der Waals surface area contributed by atoms with Gasteiger partial charge in [0.1, 0.15) is 17.7 Å². The summed E-state index contributed by atoms with van der Waals surface area (Å²) in [5.41, 5.74) is 2.09. The number of benzene rings is 3. The standard InChI is InChI=1S/C25H22FNO/c1-16(18-7-6-17-4-2-3-5-19(17)12-18)25(28)11-10-20-13-23(20)21-8-9-22(15-27)24(26)14-21/h2-9,12,14,16,20,23H,10-11,13H2,1H3. The molecule has 0 saturated heterocycles. The third-order valence-corrected chi connectivity index (χ3v) is 5.98. The summed E-state index contributed by atoms with van der Waals surface area (Å²) in [5, 5.41) is 11.2. The number of hydrogen-bond donors (Lipinski definition) is 0. The molecule has 28 heavy (non-hydrogen) atoms. The minimum Gasteiger partial charge on any atom is -0.299 e. The fourth-order valence-electron chi connectivity index (χ4n) is 4.03. The van der Waals surface area contributed by atoms with E-state index in [1.54, 1.807) is 6.07 Å². The Bertz CT molecular complexity index is 1080. The molecule has 4 rings (SSSR count). The van der Waals surface area contributed by atoms with Crippen molar-refractivity contribution >= 4 is 16.6 Å². The zero-order valence-electron chi connectivity index (χ0n) is 15.9. The lowest BCUT2D eigenvalue weighted by molar-refractivity contribution is -0.120. The number of Topliss-reactive ketones (excluding diaryl/α,β-unsaturated/α-hetero) is 1. The average molecular weight is 371 g/mol. The maximum absolute atomic E-state index is 13.8. The quantitative estimate of drug-likeness (QED) is 0.525. The highest BCUT2D eigenvalue weighted by Crippen LogP contribution is 2.50. The molecule has 140 valence electrons. The first-order chi connectivity index (χ1) is 13.6. The van der Waals surface area contributed by atoms with Crippen LogP contribution in [-0.4, -0.2) is 5.78 Å². The Kier molecular flexibility index (Phi) is 4.96. The van der Waals surface area contributed by atoms with E-state index in [9.17, 15) is 9.18 Å². The molecular formula is C25H22FNO. The number of nitrogens with zero attached hydrogens (tertiary/aromatic N) is 1. The first-order valence-corrected chi connectivity index (χ1v) is 9.78. The van der Waals surface area contributed by atoms with E-state index in [4.69, 9.17) is 5.26 Å². The number of halogens is 1. The van der Waals surface area contributed by atoms with Crippen molar-refractivity contribution in [2.75, 3.05) is 0 Å². The van der Waals surface area contributed by atoms with Crippen LogP contribution >= 0.6 is 0 Å². The van der Waals surface area contributed by atoms with Crippen molar-refractivity contribution < 1.29 is 9.18 Å². The first-order valence-electron chi connectivity index (χ1n) is 9.78. The van der Waals surface area contributed by atoms with Crippen LogP contribution in [0, 0.1) is 23.1 Å². The Morgan fingerprint density at radius 1 is 1.14 bits per heavy atom. The highest BCUT2D eigenvalue weighted by molar-refractivity contribution is 5.88. The predicted molar refractivity (Wildman–Crippen MR) is 109 cm³/mol. The molecule has 3 aromatic rings. The van der Waals surface area contributed by atoms with Gasteiger partial charge in [-0.25, -0.2) is 4.39 Å². The molecule has 0 aromatic heterocycles. The van der Waals surface area contributed by atoms with Gasteiger partial charge < -0.3 is 0 Å². The van der Waals surface area contributed by atoms with Crippen LogP contribution in [0.2, 0.25) is 0 Å². The van der Waals surface area contributed by atoms with Gasteiger partial charge in [0.2, 0.25) is 0 Å². The first kappa shape index (κ1) is 18.4. The molecular weight excluding hydrogens is 349 g/mol. The number of ketones is 1. The van der Waals surface area contributed by atoms with Crippen LogP contribution < -0.4 is 0 Å². The summed E-state index contributed by atoms with van der Waals surface area (Å²) >= 11 is 0. The van der Waals surface area contributed by atoms with E-state index in [0.717, 1.165) is 29.4 Å². The second-order valence-electron chi connectivity index (χ2n) is 7.79. The summed E-state index contributed by atoms with van der Waals surface area (Å²) in [6, 6.07) is 21.1. The van der Waals surface area contributed by atoms with Crippen LogP contribution in [0.1, 0.15) is 54.7 Å². The second kappa shape index (κ2) is 7.56. The summed E-state index contributed by atoms with van der Waals surface area (Å²) in [6.45, 7) is 1.98. The highest BCUT2D eigenvalue weighted by atomic mass is 19.1. The Morgan fingerprint density at radius 3 is 2.68 bits per heavy atom. The molecule has 0 spiro atoms. The maximum Gasteiger partial charge on any atom is 0.141 e. The Hall–Kier alpha value is -2.99. The zero-order valence-corrected chi connectivity index (χ0v) is 15.9. The lowest BCUT2D eigenvalue weighted by Gasteiger charge is -2.12. The van der Waals surface area contributed by atoms with Crippen molar-refractivity contribution in [1.82, 2.24) is 0 Å². The van der Waals surface area contributed by atoms with E-state index >= 15 is 0 Å². The van der Waals surface area contributed by atoms with Gasteiger partial charge >= 0.3 is 0 Å². The van der Waals surface area contributed by atoms with E-state index < -0.39 is 5.82 Å². The molecule has 3 atom stereocenters. The SMILES string of the molecule is CC(C(=O)CCC1CC1c1ccc(C#N)c(F)c1)c1ccc2ccccc2c1. The molecule has 1 saturated carbocycles. The molecule has 2 nitrogen and oxygen atoms in total. The number of nitriles is 1. The van der Waals surface area contributed by atoms with Crippen molar-refractivity contribution in [3.8, 4) is 6.07 Å². The van der Waals surface area contributed by atoms with Crippen molar-refractivity contribution in [3.05, 3.63) is 83.2 Å². The number of fused-ring (bicyclic) bond motifs is 1. The van der Waals surface area contributed by atoms with E-state index in [0.29, 0.717) is 18.3 Å². The normalized spacial score (nSPS) is 19.2. The summed E-state index contributed by atoms with van der Waals surface area (Å²) in [6.07, 6.45) is 2.37. The molecule has 3 heteroatoms. The Morgan fingerprint density at radius 2 is 1.93 bits per heavy atom. The number of carbonyl (C=O) groups is 1. The Balaban J connectivity index is 1.35. The molecule has 0 N–H and O–H groups in total. The van der Waals surface area contributed by atoms with E-state index in [-0.39, 0.29) is 17.3 Å². The molecule has 1 aliphatic rings. The van der Waals surface area contributed by atoms with Crippen LogP contribution in [0.4, 0.5) is 4.39 Å². The van der Waals surface area contributed by atoms with Gasteiger partial charge in [-0.2, -0.15) is 5.26 Å². The van der Waals surface area contributed by atoms with Crippen molar-refractivity contribution in [2.24, 2.45) is 5.92 Å². The smallest absolute Gasteiger partial charge is 0.141 e. The summed E-state index contributed by atoms with van der Waals surface area (Å²) in [5.74, 6) is 0.430. The van der Waals surface area contributed by atoms with E-state index in [1.807, 2.05) is 37.3 Å². The Labute approximate surface area is 164 Å². The fourth-order valence-corrected chi connectivity index (χ4v) is 4.03. The minimum absolute atomic E-state index is 0.0836.